The predicted molar refractivity (Wildman–Crippen MR) is 100.0 cm³/mol. The maximum atomic E-state index is 13.2. The summed E-state index contributed by atoms with van der Waals surface area (Å²) in [5, 5.41) is 1.05. The average molecular weight is 338 g/mol. The fourth-order valence-corrected chi connectivity index (χ4v) is 4.12. The molecule has 0 bridgehead atoms. The summed E-state index contributed by atoms with van der Waals surface area (Å²) in [6.07, 6.45) is 0. The van der Waals surface area contributed by atoms with E-state index < -0.39 is 0 Å². The van der Waals surface area contributed by atoms with Gasteiger partial charge in [0.2, 0.25) is 0 Å². The van der Waals surface area contributed by atoms with Crippen LogP contribution in [-0.4, -0.2) is 77.9 Å². The molecule has 1 aromatic heterocycles. The molecule has 2 aliphatic heterocycles. The van der Waals surface area contributed by atoms with Crippen LogP contribution < -0.4 is 0 Å². The highest BCUT2D eigenvalue weighted by Gasteiger charge is 2.33. The number of pyridine rings is 1. The molecule has 2 fully saturated rings. The van der Waals surface area contributed by atoms with E-state index in [1.54, 1.807) is 0 Å². The van der Waals surface area contributed by atoms with Gasteiger partial charge in [-0.2, -0.15) is 0 Å². The largest absolute Gasteiger partial charge is 0.336 e. The molecule has 2 aliphatic rings. The minimum absolute atomic E-state index is 0.126. The van der Waals surface area contributed by atoms with Crippen LogP contribution in [0.3, 0.4) is 0 Å². The van der Waals surface area contributed by atoms with E-state index in [1.165, 1.54) is 0 Å². The van der Waals surface area contributed by atoms with E-state index in [2.05, 4.69) is 29.8 Å². The Kier molecular flexibility index (Phi) is 4.21. The van der Waals surface area contributed by atoms with Crippen molar-refractivity contribution < 1.29 is 4.79 Å². The monoisotopic (exact) mass is 338 g/mol. The van der Waals surface area contributed by atoms with Gasteiger partial charge in [-0.15, -0.1) is 0 Å². The van der Waals surface area contributed by atoms with Gasteiger partial charge < -0.3 is 9.80 Å². The quantitative estimate of drug-likeness (QED) is 0.796. The van der Waals surface area contributed by atoms with E-state index in [4.69, 9.17) is 4.98 Å². The van der Waals surface area contributed by atoms with Crippen LogP contribution in [-0.2, 0) is 0 Å². The summed E-state index contributed by atoms with van der Waals surface area (Å²) < 4.78 is 0. The van der Waals surface area contributed by atoms with Crippen LogP contribution in [0.1, 0.15) is 21.6 Å². The van der Waals surface area contributed by atoms with Gasteiger partial charge in [-0.05, 0) is 32.5 Å². The second kappa shape index (κ2) is 6.39. The molecule has 25 heavy (non-hydrogen) atoms. The number of rotatable bonds is 1. The number of hydrogen-bond acceptors (Lipinski definition) is 4. The molecule has 1 atom stereocenters. The number of amides is 1. The Morgan fingerprint density at radius 1 is 1.12 bits per heavy atom. The Morgan fingerprint density at radius 2 is 1.92 bits per heavy atom. The molecule has 3 heterocycles. The molecular formula is C20H26N4O. The standard InChI is InChI=1S/C20H26N4O/c1-14-5-4-6-16-11-18(15(2)21-19(14)16)20(25)24-10-9-23-8-7-22(3)12-17(23)13-24/h4-6,11,17H,7-10,12-13H2,1-3H3/t17-/m1/s1. The molecule has 4 rings (SSSR count). The van der Waals surface area contributed by atoms with Crippen LogP contribution in [0, 0.1) is 13.8 Å². The molecule has 0 spiro atoms. The number of nitrogens with zero attached hydrogens (tertiary/aromatic N) is 4. The summed E-state index contributed by atoms with van der Waals surface area (Å²) in [6, 6.07) is 8.60. The van der Waals surface area contributed by atoms with Crippen LogP contribution in [0.4, 0.5) is 0 Å². The van der Waals surface area contributed by atoms with Crippen LogP contribution >= 0.6 is 0 Å². The topological polar surface area (TPSA) is 39.7 Å². The highest BCUT2D eigenvalue weighted by molar-refractivity contribution is 5.99. The van der Waals surface area contributed by atoms with Crippen molar-refractivity contribution in [1.82, 2.24) is 19.7 Å². The summed E-state index contributed by atoms with van der Waals surface area (Å²) in [4.78, 5) is 24.8. The smallest absolute Gasteiger partial charge is 0.255 e. The molecule has 1 amide bonds. The third kappa shape index (κ3) is 3.02. The van der Waals surface area contributed by atoms with Crippen molar-refractivity contribution in [3.05, 3.63) is 41.1 Å². The minimum Gasteiger partial charge on any atom is -0.336 e. The summed E-state index contributed by atoms with van der Waals surface area (Å²) in [6.45, 7) is 9.88. The van der Waals surface area contributed by atoms with Crippen LogP contribution in [0.25, 0.3) is 10.9 Å². The second-order valence-corrected chi connectivity index (χ2v) is 7.47. The first-order valence-electron chi connectivity index (χ1n) is 9.12. The molecule has 1 aromatic carbocycles. The molecule has 2 saturated heterocycles. The fourth-order valence-electron chi connectivity index (χ4n) is 4.12. The first-order chi connectivity index (χ1) is 12.0. The molecule has 5 nitrogen and oxygen atoms in total. The van der Waals surface area contributed by atoms with Gasteiger partial charge in [-0.1, -0.05) is 18.2 Å². The summed E-state index contributed by atoms with van der Waals surface area (Å²) in [5.41, 5.74) is 3.72. The maximum Gasteiger partial charge on any atom is 0.255 e. The third-order valence-electron chi connectivity index (χ3n) is 5.65. The van der Waals surface area contributed by atoms with E-state index in [0.29, 0.717) is 6.04 Å². The van der Waals surface area contributed by atoms with Gasteiger partial charge >= 0.3 is 0 Å². The Hall–Kier alpha value is -1.98. The lowest BCUT2D eigenvalue weighted by Crippen LogP contribution is -2.62. The normalized spacial score (nSPS) is 22.2. The van der Waals surface area contributed by atoms with Gasteiger partial charge in [0.15, 0.2) is 0 Å². The average Bonchev–Trinajstić information content (AvgIpc) is 2.61. The minimum atomic E-state index is 0.126. The number of likely N-dealkylation sites (N-methyl/N-ethyl adjacent to an activating group) is 1. The Labute approximate surface area is 149 Å². The van der Waals surface area contributed by atoms with Gasteiger partial charge in [-0.3, -0.25) is 14.7 Å². The molecule has 0 N–H and O–H groups in total. The van der Waals surface area contributed by atoms with Crippen molar-refractivity contribution >= 4 is 16.8 Å². The van der Waals surface area contributed by atoms with Gasteiger partial charge in [-0.25, -0.2) is 0 Å². The van der Waals surface area contributed by atoms with E-state index in [9.17, 15) is 4.79 Å². The van der Waals surface area contributed by atoms with E-state index >= 15 is 0 Å². The lowest BCUT2D eigenvalue weighted by atomic mass is 10.0. The lowest BCUT2D eigenvalue weighted by molar-refractivity contribution is 0.0189. The first-order valence-corrected chi connectivity index (χ1v) is 9.12. The summed E-state index contributed by atoms with van der Waals surface area (Å²) >= 11 is 0. The molecule has 0 aliphatic carbocycles. The Balaban J connectivity index is 1.60. The van der Waals surface area contributed by atoms with E-state index in [0.717, 1.165) is 67.0 Å². The highest BCUT2D eigenvalue weighted by atomic mass is 16.2. The van der Waals surface area contributed by atoms with E-state index in [1.807, 2.05) is 30.0 Å². The zero-order chi connectivity index (χ0) is 17.6. The number of fused-ring (bicyclic) bond motifs is 2. The Morgan fingerprint density at radius 3 is 2.76 bits per heavy atom. The van der Waals surface area contributed by atoms with Crippen LogP contribution in [0.5, 0.6) is 0 Å². The van der Waals surface area contributed by atoms with Crippen molar-refractivity contribution in [2.45, 2.75) is 19.9 Å². The zero-order valence-corrected chi connectivity index (χ0v) is 15.3. The highest BCUT2D eigenvalue weighted by Crippen LogP contribution is 2.22. The number of carbonyl (C=O) groups is 1. The summed E-state index contributed by atoms with van der Waals surface area (Å²) in [5.74, 6) is 0.126. The molecular weight excluding hydrogens is 312 g/mol. The maximum absolute atomic E-state index is 13.2. The number of carbonyl (C=O) groups excluding carboxylic acids is 1. The van der Waals surface area contributed by atoms with Crippen LogP contribution in [0.2, 0.25) is 0 Å². The number of benzene rings is 1. The number of piperazine rings is 2. The number of hydrogen-bond donors (Lipinski definition) is 0. The van der Waals surface area contributed by atoms with Gasteiger partial charge in [0, 0.05) is 50.7 Å². The third-order valence-corrected chi connectivity index (χ3v) is 5.65. The summed E-state index contributed by atoms with van der Waals surface area (Å²) in [7, 11) is 2.16. The van der Waals surface area contributed by atoms with Gasteiger partial charge in [0.1, 0.15) is 0 Å². The SMILES string of the molecule is Cc1nc2c(C)cccc2cc1C(=O)N1CCN2CCN(C)C[C@@H]2C1. The fraction of sp³-hybridized carbons (Fsp3) is 0.500. The predicted octanol–water partition coefficient (Wildman–Crippen LogP) is 1.92. The Bertz CT molecular complexity index is 819. The van der Waals surface area contributed by atoms with E-state index in [-0.39, 0.29) is 5.91 Å². The molecule has 5 heteroatoms. The van der Waals surface area contributed by atoms with Crippen molar-refractivity contribution in [3.63, 3.8) is 0 Å². The first kappa shape index (κ1) is 16.5. The number of aryl methyl sites for hydroxylation is 2. The van der Waals surface area contributed by atoms with Crippen molar-refractivity contribution in [1.29, 1.82) is 0 Å². The zero-order valence-electron chi connectivity index (χ0n) is 15.3. The van der Waals surface area contributed by atoms with Gasteiger partial charge in [0.05, 0.1) is 16.8 Å². The molecule has 0 saturated carbocycles. The molecule has 0 radical (unpaired) electrons. The number of aromatic nitrogens is 1. The van der Waals surface area contributed by atoms with Crippen molar-refractivity contribution in [3.8, 4) is 0 Å². The molecule has 2 aromatic rings. The van der Waals surface area contributed by atoms with Crippen molar-refractivity contribution in [2.75, 3.05) is 46.3 Å². The molecule has 0 unspecified atom stereocenters. The van der Waals surface area contributed by atoms with Crippen LogP contribution in [0.15, 0.2) is 24.3 Å². The molecule has 132 valence electrons. The van der Waals surface area contributed by atoms with Crippen molar-refractivity contribution in [2.24, 2.45) is 0 Å². The van der Waals surface area contributed by atoms with Gasteiger partial charge in [0.25, 0.3) is 5.91 Å². The lowest BCUT2D eigenvalue weighted by Gasteiger charge is -2.46. The second-order valence-electron chi connectivity index (χ2n) is 7.47. The number of para-hydroxylation sites is 1.